The number of H-pyrrole nitrogens is 1. The third kappa shape index (κ3) is 5.46. The van der Waals surface area contributed by atoms with E-state index in [0.717, 1.165) is 5.69 Å². The van der Waals surface area contributed by atoms with E-state index in [2.05, 4.69) is 15.3 Å². The van der Waals surface area contributed by atoms with Crippen LogP contribution in [0.2, 0.25) is 0 Å². The van der Waals surface area contributed by atoms with Crippen LogP contribution in [0, 0.1) is 0 Å². The van der Waals surface area contributed by atoms with E-state index in [-0.39, 0.29) is 12.3 Å². The average Bonchev–Trinajstić information content (AvgIpc) is 2.66. The smallest absolute Gasteiger partial charge is 0.321 e. The minimum atomic E-state index is -0.905. The van der Waals surface area contributed by atoms with Gasteiger partial charge in [0.25, 0.3) is 0 Å². The summed E-state index contributed by atoms with van der Waals surface area (Å²) >= 11 is 0. The molecule has 1 rings (SSSR count). The molecular weight excluding hydrogens is 222 g/mol. The molecule has 1 aromatic heterocycles. The van der Waals surface area contributed by atoms with Crippen LogP contribution in [0.5, 0.6) is 0 Å². The number of rotatable bonds is 6. The summed E-state index contributed by atoms with van der Waals surface area (Å²) in [7, 11) is 0. The fourth-order valence-electron chi connectivity index (χ4n) is 1.22. The Bertz CT molecular complexity index is 343. The van der Waals surface area contributed by atoms with Crippen molar-refractivity contribution in [3.05, 3.63) is 18.2 Å². The zero-order chi connectivity index (χ0) is 12.9. The molecule has 3 N–H and O–H groups in total. The van der Waals surface area contributed by atoms with Gasteiger partial charge in [-0.2, -0.15) is 0 Å². The third-order valence-electron chi connectivity index (χ3n) is 2.11. The van der Waals surface area contributed by atoms with Crippen LogP contribution in [-0.4, -0.2) is 39.4 Å². The standard InChI is InChI=1S/C11H19N3O3/c1-11(2,3)17-7-14-9(10(15)16)4-8-5-12-6-13-8/h5-6,9,14H,4,7H2,1-3H3,(H,12,13)(H,15,16)/t9-/m0/s1. The zero-order valence-corrected chi connectivity index (χ0v) is 10.4. The number of hydrogen-bond acceptors (Lipinski definition) is 4. The van der Waals surface area contributed by atoms with Crippen LogP contribution < -0.4 is 5.32 Å². The van der Waals surface area contributed by atoms with Crippen LogP contribution in [0.3, 0.4) is 0 Å². The Morgan fingerprint density at radius 3 is 2.82 bits per heavy atom. The molecule has 0 aromatic carbocycles. The largest absolute Gasteiger partial charge is 0.480 e. The van der Waals surface area contributed by atoms with Gasteiger partial charge in [0.15, 0.2) is 0 Å². The van der Waals surface area contributed by atoms with Gasteiger partial charge in [0, 0.05) is 18.3 Å². The predicted octanol–water partition coefficient (Wildman–Crippen LogP) is 0.768. The first-order chi connectivity index (χ1) is 7.88. The second-order valence-electron chi connectivity index (χ2n) is 4.78. The van der Waals surface area contributed by atoms with Gasteiger partial charge in [-0.25, -0.2) is 4.98 Å². The number of hydrogen-bond donors (Lipinski definition) is 3. The van der Waals surface area contributed by atoms with E-state index in [1.165, 1.54) is 6.33 Å². The number of carbonyl (C=O) groups is 1. The summed E-state index contributed by atoms with van der Waals surface area (Å²) in [5, 5.41) is 11.9. The lowest BCUT2D eigenvalue weighted by Crippen LogP contribution is -2.41. The van der Waals surface area contributed by atoms with Crippen LogP contribution in [-0.2, 0) is 16.0 Å². The number of ether oxygens (including phenoxy) is 1. The van der Waals surface area contributed by atoms with E-state index in [4.69, 9.17) is 9.84 Å². The molecule has 0 saturated heterocycles. The highest BCUT2D eigenvalue weighted by molar-refractivity contribution is 5.73. The maximum Gasteiger partial charge on any atom is 0.321 e. The summed E-state index contributed by atoms with van der Waals surface area (Å²) in [6.07, 6.45) is 3.49. The molecule has 0 unspecified atom stereocenters. The Balaban J connectivity index is 2.42. The number of carboxylic acid groups (broad SMARTS) is 1. The van der Waals surface area contributed by atoms with Gasteiger partial charge in [0.05, 0.1) is 18.7 Å². The molecule has 6 heteroatoms. The molecule has 17 heavy (non-hydrogen) atoms. The highest BCUT2D eigenvalue weighted by Gasteiger charge is 2.19. The molecule has 0 aliphatic carbocycles. The molecule has 0 spiro atoms. The lowest BCUT2D eigenvalue weighted by Gasteiger charge is -2.21. The highest BCUT2D eigenvalue weighted by atomic mass is 16.5. The molecule has 1 heterocycles. The number of nitrogens with zero attached hydrogens (tertiary/aromatic N) is 1. The van der Waals surface area contributed by atoms with Crippen molar-refractivity contribution in [2.45, 2.75) is 38.8 Å². The van der Waals surface area contributed by atoms with Crippen LogP contribution in [0.25, 0.3) is 0 Å². The van der Waals surface area contributed by atoms with Crippen molar-refractivity contribution in [1.29, 1.82) is 0 Å². The van der Waals surface area contributed by atoms with Gasteiger partial charge >= 0.3 is 5.97 Å². The normalized spacial score (nSPS) is 13.6. The quantitative estimate of drug-likeness (QED) is 0.640. The third-order valence-corrected chi connectivity index (χ3v) is 2.11. The van der Waals surface area contributed by atoms with E-state index in [1.54, 1.807) is 6.20 Å². The lowest BCUT2D eigenvalue weighted by molar-refractivity contribution is -0.140. The molecular formula is C11H19N3O3. The summed E-state index contributed by atoms with van der Waals surface area (Å²) in [6, 6.07) is -0.683. The second-order valence-corrected chi connectivity index (χ2v) is 4.78. The maximum absolute atomic E-state index is 11.0. The summed E-state index contributed by atoms with van der Waals surface area (Å²) < 4.78 is 5.43. The SMILES string of the molecule is CC(C)(C)OCN[C@@H](Cc1cnc[nH]1)C(=O)O. The average molecular weight is 241 g/mol. The first-order valence-electron chi connectivity index (χ1n) is 5.46. The predicted molar refractivity (Wildman–Crippen MR) is 62.6 cm³/mol. The molecule has 1 aromatic rings. The van der Waals surface area contributed by atoms with E-state index < -0.39 is 12.0 Å². The molecule has 0 aliphatic rings. The molecule has 6 nitrogen and oxygen atoms in total. The van der Waals surface area contributed by atoms with E-state index in [9.17, 15) is 4.79 Å². The maximum atomic E-state index is 11.0. The van der Waals surface area contributed by atoms with Crippen molar-refractivity contribution in [3.63, 3.8) is 0 Å². The van der Waals surface area contributed by atoms with Crippen molar-refractivity contribution in [2.24, 2.45) is 0 Å². The Labute approximate surface area is 100 Å². The number of aromatic nitrogens is 2. The minimum Gasteiger partial charge on any atom is -0.480 e. The van der Waals surface area contributed by atoms with Gasteiger partial charge in [0.2, 0.25) is 0 Å². The number of aliphatic carboxylic acids is 1. The second kappa shape index (κ2) is 5.79. The van der Waals surface area contributed by atoms with Crippen molar-refractivity contribution >= 4 is 5.97 Å². The van der Waals surface area contributed by atoms with Crippen LogP contribution in [0.4, 0.5) is 0 Å². The zero-order valence-electron chi connectivity index (χ0n) is 10.4. The molecule has 0 saturated carbocycles. The summed E-state index contributed by atoms with van der Waals surface area (Å²) in [4.78, 5) is 17.7. The van der Waals surface area contributed by atoms with Gasteiger partial charge in [-0.1, -0.05) is 0 Å². The van der Waals surface area contributed by atoms with Crippen LogP contribution in [0.1, 0.15) is 26.5 Å². The fraction of sp³-hybridized carbons (Fsp3) is 0.636. The number of carboxylic acids is 1. The van der Waals surface area contributed by atoms with Gasteiger partial charge in [-0.3, -0.25) is 10.1 Å². The monoisotopic (exact) mass is 241 g/mol. The molecule has 0 amide bonds. The molecule has 1 atom stereocenters. The first kappa shape index (κ1) is 13.7. The molecule has 0 fully saturated rings. The van der Waals surface area contributed by atoms with Crippen LogP contribution in [0.15, 0.2) is 12.5 Å². The summed E-state index contributed by atoms with van der Waals surface area (Å²) in [6.45, 7) is 5.95. The Kier molecular flexibility index (Phi) is 4.65. The molecule has 0 aliphatic heterocycles. The topological polar surface area (TPSA) is 87.2 Å². The van der Waals surface area contributed by atoms with Gasteiger partial charge in [0.1, 0.15) is 6.04 Å². The van der Waals surface area contributed by atoms with Gasteiger partial charge < -0.3 is 14.8 Å². The number of aromatic amines is 1. The van der Waals surface area contributed by atoms with Gasteiger partial charge in [-0.15, -0.1) is 0 Å². The summed E-state index contributed by atoms with van der Waals surface area (Å²) in [5.74, 6) is -0.905. The van der Waals surface area contributed by atoms with Crippen molar-refractivity contribution in [2.75, 3.05) is 6.73 Å². The highest BCUT2D eigenvalue weighted by Crippen LogP contribution is 2.05. The number of imidazole rings is 1. The van der Waals surface area contributed by atoms with Crippen molar-refractivity contribution in [3.8, 4) is 0 Å². The van der Waals surface area contributed by atoms with Crippen LogP contribution >= 0.6 is 0 Å². The van der Waals surface area contributed by atoms with Gasteiger partial charge in [-0.05, 0) is 20.8 Å². The molecule has 0 radical (unpaired) electrons. The lowest BCUT2D eigenvalue weighted by atomic mass is 10.1. The molecule has 96 valence electrons. The summed E-state index contributed by atoms with van der Waals surface area (Å²) in [5.41, 5.74) is 0.491. The fourth-order valence-corrected chi connectivity index (χ4v) is 1.22. The van der Waals surface area contributed by atoms with E-state index >= 15 is 0 Å². The number of nitrogens with one attached hydrogen (secondary N) is 2. The van der Waals surface area contributed by atoms with Crippen molar-refractivity contribution < 1.29 is 14.6 Å². The first-order valence-corrected chi connectivity index (χ1v) is 5.46. The Hall–Kier alpha value is -1.40. The minimum absolute atomic E-state index is 0.203. The van der Waals surface area contributed by atoms with E-state index in [0.29, 0.717) is 6.42 Å². The molecule has 0 bridgehead atoms. The Morgan fingerprint density at radius 1 is 1.65 bits per heavy atom. The van der Waals surface area contributed by atoms with E-state index in [1.807, 2.05) is 20.8 Å². The van der Waals surface area contributed by atoms with Crippen molar-refractivity contribution in [1.82, 2.24) is 15.3 Å². The Morgan fingerprint density at radius 2 is 2.35 bits per heavy atom.